The minimum Gasteiger partial charge on any atom is -0.364 e. The van der Waals surface area contributed by atoms with E-state index >= 15 is 0 Å². The summed E-state index contributed by atoms with van der Waals surface area (Å²) in [6.45, 7) is 7.24. The molecule has 92 valence electrons. The summed E-state index contributed by atoms with van der Waals surface area (Å²) in [6, 6.07) is 6.02. The Morgan fingerprint density at radius 1 is 1.35 bits per heavy atom. The van der Waals surface area contributed by atoms with Crippen molar-refractivity contribution in [3.05, 3.63) is 22.7 Å². The second kappa shape index (κ2) is 4.33. The number of benzene rings is 1. The monoisotopic (exact) mass is 296 g/mol. The molecule has 1 aromatic rings. The molecule has 3 nitrogen and oxygen atoms in total. The first-order valence-electron chi connectivity index (χ1n) is 5.75. The van der Waals surface area contributed by atoms with Gasteiger partial charge in [0.25, 0.3) is 0 Å². The van der Waals surface area contributed by atoms with Crippen LogP contribution in [0.4, 0.5) is 11.4 Å². The molecule has 2 rings (SSSR count). The number of nitrogens with zero attached hydrogens (tertiary/aromatic N) is 1. The van der Waals surface area contributed by atoms with Crippen LogP contribution in [0.25, 0.3) is 0 Å². The summed E-state index contributed by atoms with van der Waals surface area (Å²) in [6.07, 6.45) is 0.531. The van der Waals surface area contributed by atoms with E-state index in [-0.39, 0.29) is 11.4 Å². The van der Waals surface area contributed by atoms with E-state index in [9.17, 15) is 4.79 Å². The van der Waals surface area contributed by atoms with Crippen molar-refractivity contribution in [1.82, 2.24) is 0 Å². The number of fused-ring (bicyclic) bond motifs is 1. The zero-order valence-corrected chi connectivity index (χ0v) is 12.0. The van der Waals surface area contributed by atoms with Gasteiger partial charge in [0, 0.05) is 23.0 Å². The highest BCUT2D eigenvalue weighted by Gasteiger charge is 2.27. The first kappa shape index (κ1) is 12.4. The maximum atomic E-state index is 11.7. The lowest BCUT2D eigenvalue weighted by Gasteiger charge is -2.37. The number of hydrogen-bond donors (Lipinski definition) is 1. The maximum Gasteiger partial charge on any atom is 0.226 e. The Morgan fingerprint density at radius 2 is 2.06 bits per heavy atom. The van der Waals surface area contributed by atoms with E-state index in [1.807, 2.05) is 12.1 Å². The molecular formula is C13H17BrN2O. The number of amides is 1. The predicted molar refractivity (Wildman–Crippen MR) is 74.5 cm³/mol. The normalized spacial score (nSPS) is 16.2. The fraction of sp³-hybridized carbons (Fsp3) is 0.462. The Bertz CT molecular complexity index is 451. The van der Waals surface area contributed by atoms with Crippen LogP contribution in [0.5, 0.6) is 0 Å². The molecule has 0 unspecified atom stereocenters. The second-order valence-electron chi connectivity index (χ2n) is 5.28. The molecule has 0 saturated heterocycles. The number of carbonyl (C=O) groups is 1. The summed E-state index contributed by atoms with van der Waals surface area (Å²) >= 11 is 3.44. The minimum absolute atomic E-state index is 0.00881. The van der Waals surface area contributed by atoms with E-state index in [0.29, 0.717) is 6.42 Å². The van der Waals surface area contributed by atoms with Gasteiger partial charge in [0.1, 0.15) is 0 Å². The largest absolute Gasteiger partial charge is 0.364 e. The van der Waals surface area contributed by atoms with Gasteiger partial charge in [0.05, 0.1) is 11.4 Å². The van der Waals surface area contributed by atoms with E-state index in [1.54, 1.807) is 0 Å². The highest BCUT2D eigenvalue weighted by Crippen LogP contribution is 2.35. The highest BCUT2D eigenvalue weighted by molar-refractivity contribution is 9.10. The first-order valence-corrected chi connectivity index (χ1v) is 6.54. The van der Waals surface area contributed by atoms with Gasteiger partial charge < -0.3 is 10.2 Å². The molecule has 1 aromatic carbocycles. The van der Waals surface area contributed by atoms with Crippen LogP contribution >= 0.6 is 15.9 Å². The fourth-order valence-electron chi connectivity index (χ4n) is 2.09. The smallest absolute Gasteiger partial charge is 0.226 e. The minimum atomic E-state index is 0.00881. The van der Waals surface area contributed by atoms with E-state index in [4.69, 9.17) is 0 Å². The summed E-state index contributed by atoms with van der Waals surface area (Å²) in [5, 5.41) is 2.95. The number of carbonyl (C=O) groups excluding carboxylic acids is 1. The molecule has 4 heteroatoms. The van der Waals surface area contributed by atoms with Crippen molar-refractivity contribution in [1.29, 1.82) is 0 Å². The number of halogens is 1. The summed E-state index contributed by atoms with van der Waals surface area (Å²) in [5.74, 6) is 0.0797. The topological polar surface area (TPSA) is 32.3 Å². The predicted octanol–water partition coefficient (Wildman–Crippen LogP) is 3.40. The molecule has 1 N–H and O–H groups in total. The summed E-state index contributed by atoms with van der Waals surface area (Å²) in [7, 11) is 0. The molecule has 0 bridgehead atoms. The summed E-state index contributed by atoms with van der Waals surface area (Å²) in [5.41, 5.74) is 1.98. The van der Waals surface area contributed by atoms with E-state index in [1.165, 1.54) is 0 Å². The Morgan fingerprint density at radius 3 is 2.71 bits per heavy atom. The summed E-state index contributed by atoms with van der Waals surface area (Å²) < 4.78 is 0.979. The van der Waals surface area contributed by atoms with Crippen molar-refractivity contribution in [2.75, 3.05) is 16.8 Å². The van der Waals surface area contributed by atoms with Crippen LogP contribution in [-0.4, -0.2) is 18.0 Å². The third-order valence-electron chi connectivity index (χ3n) is 2.90. The third kappa shape index (κ3) is 2.63. The van der Waals surface area contributed by atoms with Gasteiger partial charge in [-0.2, -0.15) is 0 Å². The molecule has 1 amide bonds. The molecule has 0 radical (unpaired) electrons. The lowest BCUT2D eigenvalue weighted by molar-refractivity contribution is -0.116. The van der Waals surface area contributed by atoms with Crippen molar-refractivity contribution in [3.63, 3.8) is 0 Å². The van der Waals surface area contributed by atoms with Gasteiger partial charge in [-0.15, -0.1) is 0 Å². The number of nitrogens with one attached hydrogen (secondary N) is 1. The molecule has 0 aromatic heterocycles. The average molecular weight is 297 g/mol. The molecular weight excluding hydrogens is 280 g/mol. The van der Waals surface area contributed by atoms with Crippen molar-refractivity contribution >= 4 is 33.2 Å². The molecule has 1 aliphatic heterocycles. The van der Waals surface area contributed by atoms with Gasteiger partial charge in [-0.3, -0.25) is 4.79 Å². The van der Waals surface area contributed by atoms with Crippen molar-refractivity contribution in [2.24, 2.45) is 0 Å². The van der Waals surface area contributed by atoms with Crippen molar-refractivity contribution in [2.45, 2.75) is 32.7 Å². The number of rotatable bonds is 0. The zero-order valence-electron chi connectivity index (χ0n) is 10.4. The quantitative estimate of drug-likeness (QED) is 0.796. The third-order valence-corrected chi connectivity index (χ3v) is 3.39. The van der Waals surface area contributed by atoms with Crippen LogP contribution in [0.2, 0.25) is 0 Å². The van der Waals surface area contributed by atoms with Gasteiger partial charge in [-0.25, -0.2) is 0 Å². The van der Waals surface area contributed by atoms with Gasteiger partial charge in [-0.05, 0) is 39.0 Å². The van der Waals surface area contributed by atoms with Crippen LogP contribution in [0, 0.1) is 0 Å². The number of anilines is 2. The fourth-order valence-corrected chi connectivity index (χ4v) is 2.45. The molecule has 1 heterocycles. The molecule has 0 atom stereocenters. The number of hydrogen-bond acceptors (Lipinski definition) is 2. The Labute approximate surface area is 110 Å². The SMILES string of the molecule is CC(C)(C)N1CCC(=O)Nc2cc(Br)ccc21. The molecule has 1 aliphatic rings. The van der Waals surface area contributed by atoms with Crippen LogP contribution in [-0.2, 0) is 4.79 Å². The Hall–Kier alpha value is -1.03. The van der Waals surface area contributed by atoms with Gasteiger partial charge >= 0.3 is 0 Å². The molecule has 0 aliphatic carbocycles. The molecule has 0 saturated carbocycles. The van der Waals surface area contributed by atoms with Crippen LogP contribution in [0.3, 0.4) is 0 Å². The Kier molecular flexibility index (Phi) is 3.17. The van der Waals surface area contributed by atoms with Gasteiger partial charge in [0.15, 0.2) is 0 Å². The van der Waals surface area contributed by atoms with Crippen LogP contribution < -0.4 is 10.2 Å². The Balaban J connectivity index is 2.50. The average Bonchev–Trinajstić information content (AvgIpc) is 2.34. The van der Waals surface area contributed by atoms with Gasteiger partial charge in [-0.1, -0.05) is 15.9 Å². The van der Waals surface area contributed by atoms with Crippen LogP contribution in [0.1, 0.15) is 27.2 Å². The van der Waals surface area contributed by atoms with Gasteiger partial charge in [0.2, 0.25) is 5.91 Å². The van der Waals surface area contributed by atoms with E-state index < -0.39 is 0 Å². The molecule has 0 spiro atoms. The summed E-state index contributed by atoms with van der Waals surface area (Å²) in [4.78, 5) is 13.9. The first-order chi connectivity index (χ1) is 7.88. The van der Waals surface area contributed by atoms with Crippen molar-refractivity contribution < 1.29 is 4.79 Å². The van der Waals surface area contributed by atoms with E-state index in [0.717, 1.165) is 22.4 Å². The molecule has 0 fully saturated rings. The van der Waals surface area contributed by atoms with Crippen LogP contribution in [0.15, 0.2) is 22.7 Å². The standard InChI is InChI=1S/C13H17BrN2O/c1-13(2,3)16-7-6-12(17)15-10-8-9(14)4-5-11(10)16/h4-5,8H,6-7H2,1-3H3,(H,15,17). The molecule has 17 heavy (non-hydrogen) atoms. The second-order valence-corrected chi connectivity index (χ2v) is 6.20. The zero-order chi connectivity index (χ0) is 12.6. The van der Waals surface area contributed by atoms with E-state index in [2.05, 4.69) is 53.0 Å². The lowest BCUT2D eigenvalue weighted by atomic mass is 10.0. The maximum absolute atomic E-state index is 11.7. The highest BCUT2D eigenvalue weighted by atomic mass is 79.9. The lowest BCUT2D eigenvalue weighted by Crippen LogP contribution is -2.42. The van der Waals surface area contributed by atoms with Crippen molar-refractivity contribution in [3.8, 4) is 0 Å².